The molecule has 0 heterocycles. The quantitative estimate of drug-likeness (QED) is 0.870. The summed E-state index contributed by atoms with van der Waals surface area (Å²) in [4.78, 5) is 0. The molecular formula is C10H13BrClNO. The molecule has 0 saturated carbocycles. The number of phenols is 1. The van der Waals surface area contributed by atoms with Crippen LogP contribution in [-0.2, 0) is 0 Å². The van der Waals surface area contributed by atoms with Gasteiger partial charge in [-0.05, 0) is 34.0 Å². The van der Waals surface area contributed by atoms with E-state index in [9.17, 15) is 5.11 Å². The Morgan fingerprint density at radius 1 is 1.43 bits per heavy atom. The average molecular weight is 279 g/mol. The zero-order valence-electron chi connectivity index (χ0n) is 8.09. The Morgan fingerprint density at radius 3 is 2.50 bits per heavy atom. The maximum absolute atomic E-state index is 9.76. The van der Waals surface area contributed by atoms with E-state index in [1.807, 2.05) is 13.8 Å². The predicted octanol–water partition coefficient (Wildman–Crippen LogP) is 3.46. The van der Waals surface area contributed by atoms with Crippen molar-refractivity contribution in [2.45, 2.75) is 19.9 Å². The third kappa shape index (κ3) is 2.41. The second-order valence-corrected chi connectivity index (χ2v) is 4.89. The molecule has 1 aromatic rings. The Labute approximate surface area is 97.2 Å². The number of nitrogens with two attached hydrogens (primary N) is 1. The summed E-state index contributed by atoms with van der Waals surface area (Å²) in [7, 11) is 0. The largest absolute Gasteiger partial charge is 0.506 e. The molecule has 0 aliphatic rings. The van der Waals surface area contributed by atoms with E-state index >= 15 is 0 Å². The van der Waals surface area contributed by atoms with Crippen molar-refractivity contribution >= 4 is 27.5 Å². The lowest BCUT2D eigenvalue weighted by Crippen LogP contribution is -2.16. The van der Waals surface area contributed by atoms with Gasteiger partial charge in [-0.1, -0.05) is 25.4 Å². The Bertz CT molecular complexity index is 341. The monoisotopic (exact) mass is 277 g/mol. The molecule has 0 amide bonds. The number of phenolic OH excluding ortho intramolecular Hbond substituents is 1. The van der Waals surface area contributed by atoms with Crippen LogP contribution in [0.4, 0.5) is 0 Å². The molecule has 3 N–H and O–H groups in total. The lowest BCUT2D eigenvalue weighted by atomic mass is 9.96. The molecule has 1 rings (SSSR count). The van der Waals surface area contributed by atoms with Gasteiger partial charge in [-0.25, -0.2) is 0 Å². The van der Waals surface area contributed by atoms with Crippen LogP contribution in [0.25, 0.3) is 0 Å². The predicted molar refractivity (Wildman–Crippen MR) is 62.6 cm³/mol. The van der Waals surface area contributed by atoms with E-state index in [0.717, 1.165) is 0 Å². The van der Waals surface area contributed by atoms with Gasteiger partial charge in [0.25, 0.3) is 0 Å². The van der Waals surface area contributed by atoms with Gasteiger partial charge in [0, 0.05) is 16.6 Å². The molecule has 0 aromatic heterocycles. The van der Waals surface area contributed by atoms with E-state index in [-0.39, 0.29) is 17.7 Å². The lowest BCUT2D eigenvalue weighted by molar-refractivity contribution is 0.437. The Hall–Kier alpha value is -0.250. The minimum absolute atomic E-state index is 0.176. The van der Waals surface area contributed by atoms with Gasteiger partial charge in [0.1, 0.15) is 5.75 Å². The molecule has 0 radical (unpaired) electrons. The van der Waals surface area contributed by atoms with E-state index in [4.69, 9.17) is 17.3 Å². The van der Waals surface area contributed by atoms with Gasteiger partial charge in [-0.2, -0.15) is 0 Å². The number of halogens is 2. The van der Waals surface area contributed by atoms with Gasteiger partial charge in [0.15, 0.2) is 0 Å². The minimum Gasteiger partial charge on any atom is -0.506 e. The summed E-state index contributed by atoms with van der Waals surface area (Å²) in [5.41, 5.74) is 6.62. The highest BCUT2D eigenvalue weighted by atomic mass is 79.9. The number of hydrogen-bond donors (Lipinski definition) is 2. The van der Waals surface area contributed by atoms with Crippen LogP contribution in [0.1, 0.15) is 25.5 Å². The molecule has 4 heteroatoms. The van der Waals surface area contributed by atoms with E-state index in [0.29, 0.717) is 15.1 Å². The number of aromatic hydroxyl groups is 1. The van der Waals surface area contributed by atoms with Crippen molar-refractivity contribution in [3.63, 3.8) is 0 Å². The van der Waals surface area contributed by atoms with Crippen LogP contribution in [0, 0.1) is 5.92 Å². The normalized spacial score (nSPS) is 13.3. The maximum atomic E-state index is 9.76. The zero-order chi connectivity index (χ0) is 10.9. The summed E-state index contributed by atoms with van der Waals surface area (Å²) in [6.45, 7) is 4.00. The van der Waals surface area contributed by atoms with Crippen molar-refractivity contribution in [2.24, 2.45) is 11.7 Å². The molecule has 0 saturated heterocycles. The molecule has 0 spiro atoms. The third-order valence-electron chi connectivity index (χ3n) is 2.14. The number of rotatable bonds is 2. The van der Waals surface area contributed by atoms with Gasteiger partial charge in [0.2, 0.25) is 0 Å². The second kappa shape index (κ2) is 4.51. The summed E-state index contributed by atoms with van der Waals surface area (Å²) in [5.74, 6) is 0.432. The Balaban J connectivity index is 3.20. The van der Waals surface area contributed by atoms with Crippen LogP contribution in [0.3, 0.4) is 0 Å². The number of hydrogen-bond acceptors (Lipinski definition) is 2. The Kier molecular flexibility index (Phi) is 3.81. The smallest absolute Gasteiger partial charge is 0.134 e. The summed E-state index contributed by atoms with van der Waals surface area (Å²) in [5, 5.41) is 10.3. The second-order valence-electron chi connectivity index (χ2n) is 3.60. The fourth-order valence-electron chi connectivity index (χ4n) is 1.20. The highest BCUT2D eigenvalue weighted by molar-refractivity contribution is 9.10. The van der Waals surface area contributed by atoms with Crippen molar-refractivity contribution in [3.8, 4) is 5.75 Å². The molecule has 1 unspecified atom stereocenters. The topological polar surface area (TPSA) is 46.2 Å². The summed E-state index contributed by atoms with van der Waals surface area (Å²) in [6, 6.07) is 3.14. The first-order valence-corrected chi connectivity index (χ1v) is 5.54. The molecule has 1 atom stereocenters. The van der Waals surface area contributed by atoms with E-state index in [1.54, 1.807) is 12.1 Å². The van der Waals surface area contributed by atoms with Crippen molar-refractivity contribution in [3.05, 3.63) is 27.2 Å². The molecule has 1 aromatic carbocycles. The zero-order valence-corrected chi connectivity index (χ0v) is 10.4. The fourth-order valence-corrected chi connectivity index (χ4v) is 2.03. The number of benzene rings is 1. The van der Waals surface area contributed by atoms with Crippen LogP contribution >= 0.6 is 27.5 Å². The summed E-state index contributed by atoms with van der Waals surface area (Å²) >= 11 is 9.10. The third-order valence-corrected chi connectivity index (χ3v) is 2.96. The van der Waals surface area contributed by atoms with Gasteiger partial charge in [0.05, 0.1) is 4.47 Å². The molecule has 0 aliphatic heterocycles. The van der Waals surface area contributed by atoms with E-state index < -0.39 is 0 Å². The molecule has 78 valence electrons. The van der Waals surface area contributed by atoms with Gasteiger partial charge >= 0.3 is 0 Å². The van der Waals surface area contributed by atoms with E-state index in [1.165, 1.54) is 0 Å². The van der Waals surface area contributed by atoms with Crippen LogP contribution in [0.15, 0.2) is 16.6 Å². The van der Waals surface area contributed by atoms with Gasteiger partial charge < -0.3 is 10.8 Å². The van der Waals surface area contributed by atoms with Crippen molar-refractivity contribution < 1.29 is 5.11 Å². The standard InChI is InChI=1S/C10H13BrClNO/c1-5(2)9(13)7-3-6(12)4-8(11)10(7)14/h3-5,9,14H,13H2,1-2H3. The molecule has 0 fully saturated rings. The maximum Gasteiger partial charge on any atom is 0.134 e. The average Bonchev–Trinajstić information content (AvgIpc) is 2.09. The molecular weight excluding hydrogens is 265 g/mol. The van der Waals surface area contributed by atoms with Gasteiger partial charge in [-0.15, -0.1) is 0 Å². The summed E-state index contributed by atoms with van der Waals surface area (Å²) < 4.78 is 0.580. The first-order valence-electron chi connectivity index (χ1n) is 4.37. The van der Waals surface area contributed by atoms with Crippen LogP contribution in [0.5, 0.6) is 5.75 Å². The SMILES string of the molecule is CC(C)C(N)c1cc(Cl)cc(Br)c1O. The first kappa shape index (κ1) is 11.8. The van der Waals surface area contributed by atoms with Gasteiger partial charge in [-0.3, -0.25) is 0 Å². The van der Waals surface area contributed by atoms with Crippen LogP contribution < -0.4 is 5.73 Å². The van der Waals surface area contributed by atoms with Crippen LogP contribution in [0.2, 0.25) is 5.02 Å². The fraction of sp³-hybridized carbons (Fsp3) is 0.400. The van der Waals surface area contributed by atoms with Crippen molar-refractivity contribution in [2.75, 3.05) is 0 Å². The molecule has 14 heavy (non-hydrogen) atoms. The van der Waals surface area contributed by atoms with Crippen molar-refractivity contribution in [1.29, 1.82) is 0 Å². The molecule has 0 bridgehead atoms. The Morgan fingerprint density at radius 2 is 2.00 bits per heavy atom. The first-order chi connectivity index (χ1) is 6.43. The highest BCUT2D eigenvalue weighted by Crippen LogP contribution is 2.36. The lowest BCUT2D eigenvalue weighted by Gasteiger charge is -2.18. The van der Waals surface area contributed by atoms with E-state index in [2.05, 4.69) is 15.9 Å². The molecule has 2 nitrogen and oxygen atoms in total. The van der Waals surface area contributed by atoms with Crippen molar-refractivity contribution in [1.82, 2.24) is 0 Å². The minimum atomic E-state index is -0.204. The summed E-state index contributed by atoms with van der Waals surface area (Å²) in [6.07, 6.45) is 0. The van der Waals surface area contributed by atoms with Crippen LogP contribution in [-0.4, -0.2) is 5.11 Å². The molecule has 0 aliphatic carbocycles. The highest BCUT2D eigenvalue weighted by Gasteiger charge is 2.17.